The zero-order chi connectivity index (χ0) is 20.5. The number of benzene rings is 1. The lowest BCUT2D eigenvalue weighted by molar-refractivity contribution is 0.240. The van der Waals surface area contributed by atoms with Crippen LogP contribution in [0.15, 0.2) is 48.1 Å². The van der Waals surface area contributed by atoms with E-state index in [-0.39, 0.29) is 6.03 Å². The van der Waals surface area contributed by atoms with Gasteiger partial charge in [0.25, 0.3) is 0 Å². The molecule has 1 aromatic carbocycles. The number of rotatable bonds is 5. The summed E-state index contributed by atoms with van der Waals surface area (Å²) in [6.45, 7) is 4.91. The van der Waals surface area contributed by atoms with Crippen LogP contribution < -0.4 is 10.2 Å². The van der Waals surface area contributed by atoms with Gasteiger partial charge in [0.05, 0.1) is 6.54 Å². The van der Waals surface area contributed by atoms with E-state index in [9.17, 15) is 4.79 Å². The number of hydrogen-bond donors (Lipinski definition) is 1. The summed E-state index contributed by atoms with van der Waals surface area (Å²) in [5.74, 6) is 0.682. The summed E-state index contributed by atoms with van der Waals surface area (Å²) in [7, 11) is 0. The Hall–Kier alpha value is -2.77. The van der Waals surface area contributed by atoms with Crippen molar-refractivity contribution in [2.45, 2.75) is 45.3 Å². The van der Waals surface area contributed by atoms with E-state index in [1.165, 1.54) is 42.7 Å². The SMILES string of the molecule is CCC1CCCN1Cc1ccc2c(c1)NC(=O)N(c1csc(-c3ccncc3)n1)C2. The van der Waals surface area contributed by atoms with Gasteiger partial charge >= 0.3 is 6.03 Å². The fourth-order valence-electron chi connectivity index (χ4n) is 4.40. The number of likely N-dealkylation sites (tertiary alicyclic amines) is 1. The van der Waals surface area contributed by atoms with Crippen LogP contribution in [0.2, 0.25) is 0 Å². The third-order valence-electron chi connectivity index (χ3n) is 6.04. The number of thiazole rings is 1. The van der Waals surface area contributed by atoms with E-state index in [4.69, 9.17) is 0 Å². The molecule has 2 aliphatic heterocycles. The molecule has 6 nitrogen and oxygen atoms in total. The van der Waals surface area contributed by atoms with Crippen molar-refractivity contribution < 1.29 is 4.79 Å². The molecule has 1 fully saturated rings. The van der Waals surface area contributed by atoms with E-state index in [2.05, 4.69) is 45.3 Å². The lowest BCUT2D eigenvalue weighted by atomic mass is 10.1. The molecule has 0 spiro atoms. The van der Waals surface area contributed by atoms with Gasteiger partial charge in [0.15, 0.2) is 0 Å². The second-order valence-electron chi connectivity index (χ2n) is 7.93. The number of pyridine rings is 1. The predicted molar refractivity (Wildman–Crippen MR) is 121 cm³/mol. The maximum atomic E-state index is 12.8. The molecule has 1 N–H and O–H groups in total. The number of aromatic nitrogens is 2. The summed E-state index contributed by atoms with van der Waals surface area (Å²) in [6.07, 6.45) is 7.28. The van der Waals surface area contributed by atoms with Crippen molar-refractivity contribution >= 4 is 28.9 Å². The summed E-state index contributed by atoms with van der Waals surface area (Å²) >= 11 is 1.54. The van der Waals surface area contributed by atoms with Crippen LogP contribution in [0.25, 0.3) is 10.6 Å². The molecule has 1 atom stereocenters. The van der Waals surface area contributed by atoms with E-state index in [0.717, 1.165) is 28.4 Å². The Morgan fingerprint density at radius 2 is 2.10 bits per heavy atom. The highest BCUT2D eigenvalue weighted by Crippen LogP contribution is 2.32. The minimum atomic E-state index is -0.126. The quantitative estimate of drug-likeness (QED) is 0.623. The molecule has 4 heterocycles. The van der Waals surface area contributed by atoms with Gasteiger partial charge in [-0.2, -0.15) is 0 Å². The van der Waals surface area contributed by atoms with Crippen molar-refractivity contribution in [3.05, 3.63) is 59.2 Å². The molecule has 2 amide bonds. The van der Waals surface area contributed by atoms with Gasteiger partial charge < -0.3 is 5.32 Å². The first-order chi connectivity index (χ1) is 14.7. The number of urea groups is 1. The Labute approximate surface area is 180 Å². The highest BCUT2D eigenvalue weighted by molar-refractivity contribution is 7.13. The van der Waals surface area contributed by atoms with Gasteiger partial charge in [-0.1, -0.05) is 19.1 Å². The number of anilines is 2. The van der Waals surface area contributed by atoms with E-state index < -0.39 is 0 Å². The van der Waals surface area contributed by atoms with Gasteiger partial charge in [-0.25, -0.2) is 9.78 Å². The Kier molecular flexibility index (Phi) is 5.23. The molecule has 1 unspecified atom stereocenters. The highest BCUT2D eigenvalue weighted by Gasteiger charge is 2.27. The van der Waals surface area contributed by atoms with Gasteiger partial charge in [-0.15, -0.1) is 11.3 Å². The normalized spacial score (nSPS) is 19.0. The molecule has 3 aromatic rings. The van der Waals surface area contributed by atoms with Crippen molar-refractivity contribution in [1.82, 2.24) is 14.9 Å². The second-order valence-corrected chi connectivity index (χ2v) is 8.79. The van der Waals surface area contributed by atoms with Gasteiger partial charge in [0, 0.05) is 41.6 Å². The molecule has 2 aliphatic rings. The summed E-state index contributed by atoms with van der Waals surface area (Å²) in [5, 5.41) is 5.90. The first-order valence-electron chi connectivity index (χ1n) is 10.5. The van der Waals surface area contributed by atoms with Crippen molar-refractivity contribution in [3.63, 3.8) is 0 Å². The maximum Gasteiger partial charge on any atom is 0.327 e. The number of amides is 2. The zero-order valence-electron chi connectivity index (χ0n) is 17.0. The number of nitrogens with zero attached hydrogens (tertiary/aromatic N) is 4. The van der Waals surface area contributed by atoms with Crippen LogP contribution in [0.4, 0.5) is 16.3 Å². The molecule has 2 aromatic heterocycles. The monoisotopic (exact) mass is 419 g/mol. The molecule has 7 heteroatoms. The predicted octanol–water partition coefficient (Wildman–Crippen LogP) is 5.13. The molecule has 0 saturated carbocycles. The van der Waals surface area contributed by atoms with Crippen LogP contribution in [-0.4, -0.2) is 33.5 Å². The van der Waals surface area contributed by atoms with Gasteiger partial charge in [0.2, 0.25) is 0 Å². The van der Waals surface area contributed by atoms with Crippen LogP contribution in [0.5, 0.6) is 0 Å². The Morgan fingerprint density at radius 3 is 2.93 bits per heavy atom. The van der Waals surface area contributed by atoms with Crippen molar-refractivity contribution in [2.24, 2.45) is 0 Å². The summed E-state index contributed by atoms with van der Waals surface area (Å²) in [5.41, 5.74) is 4.31. The van der Waals surface area contributed by atoms with E-state index in [1.807, 2.05) is 17.5 Å². The smallest absolute Gasteiger partial charge is 0.307 e. The standard InChI is InChI=1S/C23H25N5OS/c1-2-19-4-3-11-27(19)13-16-5-6-18-14-28(23(29)25-20(18)12-16)21-15-30-22(26-21)17-7-9-24-10-8-17/h5-10,12,15,19H,2-4,11,13-14H2,1H3,(H,25,29). The molecule has 1 saturated heterocycles. The number of hydrogen-bond acceptors (Lipinski definition) is 5. The average Bonchev–Trinajstić information content (AvgIpc) is 3.43. The fraction of sp³-hybridized carbons (Fsp3) is 0.348. The average molecular weight is 420 g/mol. The Morgan fingerprint density at radius 1 is 1.23 bits per heavy atom. The molecule has 0 bridgehead atoms. The second kappa shape index (κ2) is 8.16. The number of carbonyl (C=O) groups excluding carboxylic acids is 1. The molecular weight excluding hydrogens is 394 g/mol. The van der Waals surface area contributed by atoms with E-state index in [1.54, 1.807) is 17.3 Å². The van der Waals surface area contributed by atoms with Crippen LogP contribution >= 0.6 is 11.3 Å². The van der Waals surface area contributed by atoms with Crippen molar-refractivity contribution in [1.29, 1.82) is 0 Å². The van der Waals surface area contributed by atoms with Crippen LogP contribution in [0.3, 0.4) is 0 Å². The van der Waals surface area contributed by atoms with Crippen LogP contribution in [0, 0.1) is 0 Å². The lowest BCUT2D eigenvalue weighted by Gasteiger charge is -2.29. The first kappa shape index (κ1) is 19.2. The summed E-state index contributed by atoms with van der Waals surface area (Å²) in [6, 6.07) is 10.9. The van der Waals surface area contributed by atoms with E-state index in [0.29, 0.717) is 18.4 Å². The number of nitrogens with one attached hydrogen (secondary N) is 1. The van der Waals surface area contributed by atoms with Gasteiger partial charge in [-0.05, 0) is 55.1 Å². The van der Waals surface area contributed by atoms with E-state index >= 15 is 0 Å². The Balaban J connectivity index is 1.33. The third kappa shape index (κ3) is 3.70. The molecule has 154 valence electrons. The molecular formula is C23H25N5OS. The topological polar surface area (TPSA) is 61.4 Å². The lowest BCUT2D eigenvalue weighted by Crippen LogP contribution is -2.39. The number of carbonyl (C=O) groups is 1. The van der Waals surface area contributed by atoms with Crippen molar-refractivity contribution in [2.75, 3.05) is 16.8 Å². The highest BCUT2D eigenvalue weighted by atomic mass is 32.1. The minimum Gasteiger partial charge on any atom is -0.307 e. The fourth-order valence-corrected chi connectivity index (χ4v) is 5.22. The molecule has 30 heavy (non-hydrogen) atoms. The number of fused-ring (bicyclic) bond motifs is 1. The molecule has 5 rings (SSSR count). The minimum absolute atomic E-state index is 0.126. The van der Waals surface area contributed by atoms with Gasteiger partial charge in [0.1, 0.15) is 10.8 Å². The third-order valence-corrected chi connectivity index (χ3v) is 6.92. The van der Waals surface area contributed by atoms with Gasteiger partial charge in [-0.3, -0.25) is 14.8 Å². The maximum absolute atomic E-state index is 12.8. The summed E-state index contributed by atoms with van der Waals surface area (Å²) in [4.78, 5) is 25.8. The molecule has 0 radical (unpaired) electrons. The first-order valence-corrected chi connectivity index (χ1v) is 11.4. The zero-order valence-corrected chi connectivity index (χ0v) is 17.9. The molecule has 0 aliphatic carbocycles. The largest absolute Gasteiger partial charge is 0.327 e. The summed E-state index contributed by atoms with van der Waals surface area (Å²) < 4.78 is 0. The Bertz CT molecular complexity index is 1050. The van der Waals surface area contributed by atoms with Crippen LogP contribution in [-0.2, 0) is 13.1 Å². The van der Waals surface area contributed by atoms with Crippen molar-refractivity contribution in [3.8, 4) is 10.6 Å². The van der Waals surface area contributed by atoms with Crippen LogP contribution in [0.1, 0.15) is 37.3 Å².